The van der Waals surface area contributed by atoms with Gasteiger partial charge in [-0.25, -0.2) is 0 Å². The lowest BCUT2D eigenvalue weighted by atomic mass is 10.2. The summed E-state index contributed by atoms with van der Waals surface area (Å²) in [5.74, 6) is -0.152. The Bertz CT molecular complexity index is 540. The molecule has 0 radical (unpaired) electrons. The van der Waals surface area contributed by atoms with Crippen molar-refractivity contribution in [3.8, 4) is 0 Å². The second-order valence-electron chi connectivity index (χ2n) is 3.66. The minimum Gasteiger partial charge on any atom is -0.264 e. The highest BCUT2D eigenvalue weighted by molar-refractivity contribution is 6.30. The highest BCUT2D eigenvalue weighted by atomic mass is 35.5. The summed E-state index contributed by atoms with van der Waals surface area (Å²) >= 11 is 5.84. The molecule has 1 aromatic carbocycles. The second-order valence-corrected chi connectivity index (χ2v) is 4.10. The number of benzene rings is 1. The number of amides is 1. The molecule has 0 saturated heterocycles. The van der Waals surface area contributed by atoms with E-state index in [4.69, 9.17) is 11.6 Å². The summed E-state index contributed by atoms with van der Waals surface area (Å²) in [4.78, 5) is 11.9. The summed E-state index contributed by atoms with van der Waals surface area (Å²) in [7, 11) is 0. The summed E-state index contributed by atoms with van der Waals surface area (Å²) in [6, 6.07) is 12.6. The third kappa shape index (κ3) is 2.82. The Morgan fingerprint density at radius 2 is 1.94 bits per heavy atom. The first kappa shape index (κ1) is 11.6. The molecule has 0 aliphatic heterocycles. The average molecular weight is 248 g/mol. The molecular weight excluding hydrogens is 236 g/mol. The Balaban J connectivity index is 2.19. The average Bonchev–Trinajstić information content (AvgIpc) is 2.34. The first-order chi connectivity index (χ1) is 8.16. The van der Waals surface area contributed by atoms with E-state index in [0.717, 1.165) is 5.69 Å². The first-order valence-corrected chi connectivity index (χ1v) is 5.59. The van der Waals surface area contributed by atoms with Gasteiger partial charge in [0.15, 0.2) is 0 Å². The van der Waals surface area contributed by atoms with Crippen LogP contribution in [0.1, 0.15) is 16.1 Å². The molecule has 0 unspecified atom stereocenters. The Morgan fingerprint density at radius 3 is 2.59 bits per heavy atom. The number of carbonyl (C=O) groups is 1. The Hall–Kier alpha value is -1.87. The smallest absolute Gasteiger partial charge is 0.264 e. The van der Waals surface area contributed by atoms with Crippen LogP contribution in [0.25, 0.3) is 0 Å². The predicted octanol–water partition coefficient (Wildman–Crippen LogP) is 2.32. The van der Waals surface area contributed by atoms with E-state index in [1.807, 2.05) is 25.1 Å². The Kier molecular flexibility index (Phi) is 3.40. The number of aryl methyl sites for hydroxylation is 1. The van der Waals surface area contributed by atoms with E-state index in [2.05, 4.69) is 5.43 Å². The molecule has 3 nitrogen and oxygen atoms in total. The molecule has 2 aromatic rings. The maximum absolute atomic E-state index is 11.9. The van der Waals surface area contributed by atoms with Crippen molar-refractivity contribution in [1.82, 2.24) is 0 Å². The summed E-state index contributed by atoms with van der Waals surface area (Å²) in [5.41, 5.74) is 4.26. The van der Waals surface area contributed by atoms with E-state index >= 15 is 0 Å². The molecule has 0 aliphatic rings. The van der Waals surface area contributed by atoms with Gasteiger partial charge in [-0.2, -0.15) is 0 Å². The first-order valence-electron chi connectivity index (χ1n) is 5.21. The van der Waals surface area contributed by atoms with Crippen LogP contribution in [0.4, 0.5) is 0 Å². The summed E-state index contributed by atoms with van der Waals surface area (Å²) in [6.45, 7) is 1.87. The van der Waals surface area contributed by atoms with Crippen molar-refractivity contribution >= 4 is 17.5 Å². The predicted molar refractivity (Wildman–Crippen MR) is 66.5 cm³/mol. The molecule has 4 heteroatoms. The number of halogens is 1. The Labute approximate surface area is 105 Å². The molecule has 2 rings (SSSR count). The van der Waals surface area contributed by atoms with E-state index in [0.29, 0.717) is 10.6 Å². The van der Waals surface area contributed by atoms with Crippen LogP contribution in [0, 0.1) is 6.92 Å². The molecule has 0 bridgehead atoms. The van der Waals surface area contributed by atoms with Crippen molar-refractivity contribution < 1.29 is 9.47 Å². The van der Waals surface area contributed by atoms with Gasteiger partial charge in [0.2, 0.25) is 11.9 Å². The molecular formula is C13H12ClN2O+. The molecule has 86 valence electrons. The molecule has 17 heavy (non-hydrogen) atoms. The van der Waals surface area contributed by atoms with E-state index < -0.39 is 0 Å². The van der Waals surface area contributed by atoms with Crippen LogP contribution in [0.5, 0.6) is 0 Å². The monoisotopic (exact) mass is 247 g/mol. The molecule has 0 saturated carbocycles. The van der Waals surface area contributed by atoms with Crippen LogP contribution in [-0.2, 0) is 0 Å². The fourth-order valence-electron chi connectivity index (χ4n) is 1.47. The van der Waals surface area contributed by atoms with E-state index in [1.165, 1.54) is 0 Å². The van der Waals surface area contributed by atoms with Gasteiger partial charge in [-0.15, -0.1) is 5.43 Å². The van der Waals surface area contributed by atoms with Crippen LogP contribution in [0.3, 0.4) is 0 Å². The topological polar surface area (TPSA) is 33.0 Å². The normalized spacial score (nSPS) is 10.0. The molecule has 1 N–H and O–H groups in total. The standard InChI is InChI=1S/C13H11ClN2O/c1-10-9-12(14)7-8-16(10)15-13(17)11-5-3-2-4-6-11/h2-9H,1H3/p+1. The van der Waals surface area contributed by atoms with E-state index in [-0.39, 0.29) is 5.91 Å². The van der Waals surface area contributed by atoms with Gasteiger partial charge < -0.3 is 0 Å². The van der Waals surface area contributed by atoms with Crippen LogP contribution in [0.15, 0.2) is 48.7 Å². The van der Waals surface area contributed by atoms with Gasteiger partial charge >= 0.3 is 5.91 Å². The van der Waals surface area contributed by atoms with Crippen molar-refractivity contribution in [3.05, 3.63) is 64.9 Å². The van der Waals surface area contributed by atoms with Crippen molar-refractivity contribution in [2.75, 3.05) is 5.43 Å². The minimum atomic E-state index is -0.152. The number of nitrogens with one attached hydrogen (secondary N) is 1. The van der Waals surface area contributed by atoms with Crippen molar-refractivity contribution in [2.45, 2.75) is 6.92 Å². The lowest BCUT2D eigenvalue weighted by molar-refractivity contribution is -0.647. The molecule has 1 heterocycles. The van der Waals surface area contributed by atoms with Gasteiger partial charge in [-0.3, -0.25) is 4.79 Å². The third-order valence-corrected chi connectivity index (χ3v) is 2.60. The van der Waals surface area contributed by atoms with Crippen molar-refractivity contribution in [2.24, 2.45) is 0 Å². The highest BCUT2D eigenvalue weighted by Gasteiger charge is 2.12. The number of nitrogens with zero attached hydrogens (tertiary/aromatic N) is 1. The van der Waals surface area contributed by atoms with Crippen LogP contribution in [-0.4, -0.2) is 5.91 Å². The molecule has 0 fully saturated rings. The van der Waals surface area contributed by atoms with Gasteiger partial charge in [0.05, 0.1) is 5.02 Å². The fraction of sp³-hybridized carbons (Fsp3) is 0.0769. The largest absolute Gasteiger partial charge is 0.305 e. The summed E-state index contributed by atoms with van der Waals surface area (Å²) in [5, 5.41) is 0.646. The van der Waals surface area contributed by atoms with Gasteiger partial charge in [-0.1, -0.05) is 34.5 Å². The van der Waals surface area contributed by atoms with E-state index in [9.17, 15) is 4.79 Å². The maximum Gasteiger partial charge on any atom is 0.305 e. The highest BCUT2D eigenvalue weighted by Crippen LogP contribution is 2.05. The lowest BCUT2D eigenvalue weighted by Crippen LogP contribution is -2.50. The number of rotatable bonds is 2. The zero-order chi connectivity index (χ0) is 12.3. The second kappa shape index (κ2) is 4.97. The van der Waals surface area contributed by atoms with Gasteiger partial charge in [0.1, 0.15) is 0 Å². The Morgan fingerprint density at radius 1 is 1.24 bits per heavy atom. The van der Waals surface area contributed by atoms with E-state index in [1.54, 1.807) is 35.1 Å². The number of carbonyl (C=O) groups excluding carboxylic acids is 1. The quantitative estimate of drug-likeness (QED) is 0.812. The molecule has 0 atom stereocenters. The van der Waals surface area contributed by atoms with Gasteiger partial charge in [0, 0.05) is 24.6 Å². The number of hydrogen-bond acceptors (Lipinski definition) is 1. The maximum atomic E-state index is 11.9. The van der Waals surface area contributed by atoms with Crippen LogP contribution < -0.4 is 10.1 Å². The molecule has 0 aliphatic carbocycles. The zero-order valence-corrected chi connectivity index (χ0v) is 10.1. The van der Waals surface area contributed by atoms with Crippen molar-refractivity contribution in [3.63, 3.8) is 0 Å². The third-order valence-electron chi connectivity index (χ3n) is 2.37. The van der Waals surface area contributed by atoms with Gasteiger partial charge in [-0.05, 0) is 12.1 Å². The van der Waals surface area contributed by atoms with Gasteiger partial charge in [0.25, 0.3) is 0 Å². The fourth-order valence-corrected chi connectivity index (χ4v) is 1.68. The zero-order valence-electron chi connectivity index (χ0n) is 9.35. The SMILES string of the molecule is Cc1cc(Cl)cc[n+]1NC(=O)c1ccccc1. The summed E-state index contributed by atoms with van der Waals surface area (Å²) in [6.07, 6.45) is 1.72. The number of aromatic nitrogens is 1. The summed E-state index contributed by atoms with van der Waals surface area (Å²) < 4.78 is 1.64. The molecule has 0 spiro atoms. The number of pyridine rings is 1. The molecule has 1 amide bonds. The van der Waals surface area contributed by atoms with Crippen LogP contribution in [0.2, 0.25) is 5.02 Å². The van der Waals surface area contributed by atoms with Crippen molar-refractivity contribution in [1.29, 1.82) is 0 Å². The van der Waals surface area contributed by atoms with Crippen LogP contribution >= 0.6 is 11.6 Å². The minimum absolute atomic E-state index is 0.152. The molecule has 1 aromatic heterocycles. The number of hydrogen-bond donors (Lipinski definition) is 1. The lowest BCUT2D eigenvalue weighted by Gasteiger charge is -2.02.